The van der Waals surface area contributed by atoms with Crippen LogP contribution in [-0.2, 0) is 4.74 Å². The van der Waals surface area contributed by atoms with Crippen LogP contribution in [0.3, 0.4) is 0 Å². The minimum absolute atomic E-state index is 0.0357. The summed E-state index contributed by atoms with van der Waals surface area (Å²) in [7, 11) is 0. The van der Waals surface area contributed by atoms with Crippen molar-refractivity contribution in [3.05, 3.63) is 60.3 Å². The van der Waals surface area contributed by atoms with E-state index >= 15 is 0 Å². The van der Waals surface area contributed by atoms with Crippen LogP contribution in [0.25, 0.3) is 16.8 Å². The van der Waals surface area contributed by atoms with Gasteiger partial charge < -0.3 is 4.74 Å². The van der Waals surface area contributed by atoms with Gasteiger partial charge in [-0.1, -0.05) is 42.8 Å². The third-order valence-electron chi connectivity index (χ3n) is 4.62. The molecule has 0 amide bonds. The Morgan fingerprint density at radius 2 is 1.75 bits per heavy atom. The maximum atomic E-state index is 12.9. The van der Waals surface area contributed by atoms with Crippen molar-refractivity contribution >= 4 is 11.5 Å². The Bertz CT molecular complexity index is 848. The zero-order valence-electron chi connectivity index (χ0n) is 13.5. The first kappa shape index (κ1) is 14.9. The molecular weight excluding hydrogens is 300 g/mol. The molecule has 122 valence electrons. The average Bonchev–Trinajstić information content (AvgIpc) is 3.03. The number of benzene rings is 1. The van der Waals surface area contributed by atoms with Gasteiger partial charge in [-0.15, -0.1) is 0 Å². The first-order valence-corrected chi connectivity index (χ1v) is 8.57. The van der Waals surface area contributed by atoms with Crippen LogP contribution in [0.1, 0.15) is 42.5 Å². The van der Waals surface area contributed by atoms with E-state index in [0.29, 0.717) is 11.3 Å². The summed E-state index contributed by atoms with van der Waals surface area (Å²) in [5, 5.41) is 4.61. The van der Waals surface area contributed by atoms with E-state index in [1.54, 1.807) is 4.52 Å². The SMILES string of the molecule is O=C(OC1CCCCC1)c1c(-c2ccccc2)nn2ccccc12. The number of rotatable bonds is 3. The minimum Gasteiger partial charge on any atom is -0.459 e. The van der Waals surface area contributed by atoms with Crippen molar-refractivity contribution in [1.29, 1.82) is 0 Å². The van der Waals surface area contributed by atoms with Crippen LogP contribution in [0.4, 0.5) is 0 Å². The molecular formula is C20H20N2O2. The van der Waals surface area contributed by atoms with Crippen molar-refractivity contribution < 1.29 is 9.53 Å². The van der Waals surface area contributed by atoms with Gasteiger partial charge in [-0.3, -0.25) is 0 Å². The Labute approximate surface area is 141 Å². The summed E-state index contributed by atoms with van der Waals surface area (Å²) in [4.78, 5) is 12.9. The van der Waals surface area contributed by atoms with Crippen LogP contribution in [0.5, 0.6) is 0 Å². The van der Waals surface area contributed by atoms with Crippen LogP contribution in [0.15, 0.2) is 54.7 Å². The van der Waals surface area contributed by atoms with Gasteiger partial charge in [0.05, 0.1) is 5.52 Å². The Hall–Kier alpha value is -2.62. The molecule has 1 aromatic carbocycles. The zero-order valence-corrected chi connectivity index (χ0v) is 13.5. The predicted molar refractivity (Wildman–Crippen MR) is 92.9 cm³/mol. The van der Waals surface area contributed by atoms with E-state index in [0.717, 1.165) is 36.8 Å². The van der Waals surface area contributed by atoms with E-state index in [1.807, 2.05) is 54.7 Å². The molecule has 0 spiro atoms. The summed E-state index contributed by atoms with van der Waals surface area (Å²) in [6.07, 6.45) is 7.33. The lowest BCUT2D eigenvalue weighted by atomic mass is 9.97. The number of carbonyl (C=O) groups excluding carboxylic acids is 1. The number of carbonyl (C=O) groups is 1. The highest BCUT2D eigenvalue weighted by Crippen LogP contribution is 2.28. The second-order valence-corrected chi connectivity index (χ2v) is 6.29. The molecule has 0 unspecified atom stereocenters. The lowest BCUT2D eigenvalue weighted by molar-refractivity contribution is 0.0214. The zero-order chi connectivity index (χ0) is 16.4. The molecule has 4 heteroatoms. The van der Waals surface area contributed by atoms with Crippen LogP contribution in [0, 0.1) is 0 Å². The largest absolute Gasteiger partial charge is 0.459 e. The number of nitrogens with zero attached hydrogens (tertiary/aromatic N) is 2. The van der Waals surface area contributed by atoms with Gasteiger partial charge in [-0.05, 0) is 37.8 Å². The monoisotopic (exact) mass is 320 g/mol. The first-order valence-electron chi connectivity index (χ1n) is 8.57. The number of hydrogen-bond donors (Lipinski definition) is 0. The molecule has 0 bridgehead atoms. The minimum atomic E-state index is -0.262. The highest BCUT2D eigenvalue weighted by Gasteiger charge is 2.25. The standard InChI is InChI=1S/C20H20N2O2/c23-20(24-16-11-5-2-6-12-16)18-17-13-7-8-14-22(17)21-19(18)15-9-3-1-4-10-15/h1,3-4,7-10,13-14,16H,2,5-6,11-12H2. The topological polar surface area (TPSA) is 43.6 Å². The highest BCUT2D eigenvalue weighted by atomic mass is 16.5. The quantitative estimate of drug-likeness (QED) is 0.668. The van der Waals surface area contributed by atoms with E-state index in [2.05, 4.69) is 5.10 Å². The number of pyridine rings is 1. The van der Waals surface area contributed by atoms with Crippen LogP contribution in [0.2, 0.25) is 0 Å². The Morgan fingerprint density at radius 1 is 1.00 bits per heavy atom. The number of ether oxygens (including phenoxy) is 1. The van der Waals surface area contributed by atoms with Gasteiger partial charge in [-0.2, -0.15) is 5.10 Å². The Kier molecular flexibility index (Phi) is 4.03. The molecule has 4 rings (SSSR count). The van der Waals surface area contributed by atoms with Crippen molar-refractivity contribution in [3.63, 3.8) is 0 Å². The fraction of sp³-hybridized carbons (Fsp3) is 0.300. The van der Waals surface area contributed by atoms with Gasteiger partial charge >= 0.3 is 5.97 Å². The summed E-state index contributed by atoms with van der Waals surface area (Å²) < 4.78 is 7.56. The van der Waals surface area contributed by atoms with Gasteiger partial charge in [0.25, 0.3) is 0 Å². The molecule has 24 heavy (non-hydrogen) atoms. The van der Waals surface area contributed by atoms with Gasteiger partial charge in [0.2, 0.25) is 0 Å². The van der Waals surface area contributed by atoms with Crippen LogP contribution >= 0.6 is 0 Å². The molecule has 4 nitrogen and oxygen atoms in total. The number of esters is 1. The number of fused-ring (bicyclic) bond motifs is 1. The van der Waals surface area contributed by atoms with E-state index in [-0.39, 0.29) is 12.1 Å². The molecule has 1 saturated carbocycles. The van der Waals surface area contributed by atoms with Crippen molar-refractivity contribution in [2.75, 3.05) is 0 Å². The summed E-state index contributed by atoms with van der Waals surface area (Å²) in [6.45, 7) is 0. The number of hydrogen-bond acceptors (Lipinski definition) is 3. The summed E-state index contributed by atoms with van der Waals surface area (Å²) in [5.74, 6) is -0.262. The third kappa shape index (κ3) is 2.80. The van der Waals surface area contributed by atoms with Gasteiger partial charge in [-0.25, -0.2) is 9.31 Å². The average molecular weight is 320 g/mol. The van der Waals surface area contributed by atoms with Gasteiger partial charge in [0.15, 0.2) is 0 Å². The lowest BCUT2D eigenvalue weighted by Gasteiger charge is -2.21. The van der Waals surface area contributed by atoms with E-state index in [4.69, 9.17) is 4.74 Å². The van der Waals surface area contributed by atoms with Crippen molar-refractivity contribution in [2.24, 2.45) is 0 Å². The van der Waals surface area contributed by atoms with Crippen molar-refractivity contribution in [1.82, 2.24) is 9.61 Å². The Balaban J connectivity index is 1.76. The highest BCUT2D eigenvalue weighted by molar-refractivity contribution is 6.03. The maximum Gasteiger partial charge on any atom is 0.342 e. The van der Waals surface area contributed by atoms with Crippen molar-refractivity contribution in [3.8, 4) is 11.3 Å². The third-order valence-corrected chi connectivity index (χ3v) is 4.62. The van der Waals surface area contributed by atoms with E-state index in [9.17, 15) is 4.79 Å². The molecule has 0 saturated heterocycles. The maximum absolute atomic E-state index is 12.9. The molecule has 0 radical (unpaired) electrons. The summed E-state index contributed by atoms with van der Waals surface area (Å²) in [6, 6.07) is 15.5. The second kappa shape index (κ2) is 6.48. The molecule has 0 atom stereocenters. The van der Waals surface area contributed by atoms with Crippen LogP contribution < -0.4 is 0 Å². The van der Waals surface area contributed by atoms with Gasteiger partial charge in [0.1, 0.15) is 17.4 Å². The lowest BCUT2D eigenvalue weighted by Crippen LogP contribution is -2.21. The molecule has 3 aromatic rings. The first-order chi connectivity index (χ1) is 11.8. The number of aromatic nitrogens is 2. The predicted octanol–water partition coefficient (Wildman–Crippen LogP) is 4.49. The fourth-order valence-electron chi connectivity index (χ4n) is 3.39. The van der Waals surface area contributed by atoms with E-state index < -0.39 is 0 Å². The molecule has 1 aliphatic carbocycles. The molecule has 1 fully saturated rings. The summed E-state index contributed by atoms with van der Waals surface area (Å²) in [5.41, 5.74) is 2.96. The molecule has 2 heterocycles. The van der Waals surface area contributed by atoms with Gasteiger partial charge in [0, 0.05) is 11.8 Å². The van der Waals surface area contributed by atoms with Crippen molar-refractivity contribution in [2.45, 2.75) is 38.2 Å². The second-order valence-electron chi connectivity index (χ2n) is 6.29. The smallest absolute Gasteiger partial charge is 0.342 e. The molecule has 2 aromatic heterocycles. The van der Waals surface area contributed by atoms with E-state index in [1.165, 1.54) is 6.42 Å². The molecule has 1 aliphatic rings. The molecule has 0 aliphatic heterocycles. The summed E-state index contributed by atoms with van der Waals surface area (Å²) >= 11 is 0. The normalized spacial score (nSPS) is 15.5. The Morgan fingerprint density at radius 3 is 2.54 bits per heavy atom. The molecule has 0 N–H and O–H groups in total. The fourth-order valence-corrected chi connectivity index (χ4v) is 3.39. The van der Waals surface area contributed by atoms with Crippen LogP contribution in [-0.4, -0.2) is 21.7 Å².